The number of nitrogens with zero attached hydrogens (tertiary/aromatic N) is 4. The van der Waals surface area contributed by atoms with E-state index in [1.807, 2.05) is 6.92 Å². The van der Waals surface area contributed by atoms with Crippen molar-refractivity contribution in [1.82, 2.24) is 19.8 Å². The van der Waals surface area contributed by atoms with Crippen molar-refractivity contribution in [3.8, 4) is 5.69 Å². The summed E-state index contributed by atoms with van der Waals surface area (Å²) >= 11 is 0. The van der Waals surface area contributed by atoms with Crippen LogP contribution in [0.15, 0.2) is 16.9 Å². The zero-order chi connectivity index (χ0) is 16.6. The molecule has 3 rings (SSSR count). The molecule has 1 atom stereocenters. The van der Waals surface area contributed by atoms with E-state index in [1.54, 1.807) is 19.2 Å². The fourth-order valence-electron chi connectivity index (χ4n) is 3.01. The molecule has 1 aliphatic carbocycles. The third kappa shape index (κ3) is 3.07. The summed E-state index contributed by atoms with van der Waals surface area (Å²) < 4.78 is 17.1. The Balaban J connectivity index is 2.08. The number of benzene rings is 1. The lowest BCUT2D eigenvalue weighted by molar-refractivity contribution is 0.556. The van der Waals surface area contributed by atoms with Crippen LogP contribution in [0.2, 0.25) is 0 Å². The van der Waals surface area contributed by atoms with Crippen molar-refractivity contribution in [3.63, 3.8) is 0 Å². The zero-order valence-corrected chi connectivity index (χ0v) is 13.9. The molecule has 0 bridgehead atoms. The van der Waals surface area contributed by atoms with E-state index in [4.69, 9.17) is 0 Å². The van der Waals surface area contributed by atoms with E-state index in [9.17, 15) is 9.18 Å². The van der Waals surface area contributed by atoms with Gasteiger partial charge in [-0.15, -0.1) is 0 Å². The Hall–Kier alpha value is -1.98. The first-order valence-corrected chi connectivity index (χ1v) is 8.35. The van der Waals surface area contributed by atoms with E-state index < -0.39 is 0 Å². The summed E-state index contributed by atoms with van der Waals surface area (Å²) in [6, 6.07) is 3.41. The summed E-state index contributed by atoms with van der Waals surface area (Å²) in [5, 5.41) is 7.73. The van der Waals surface area contributed by atoms with Gasteiger partial charge in [-0.1, -0.05) is 26.7 Å². The molecule has 0 N–H and O–H groups in total. The van der Waals surface area contributed by atoms with Crippen LogP contribution in [0.1, 0.15) is 68.9 Å². The maximum Gasteiger partial charge on any atom is 0.368 e. The second kappa shape index (κ2) is 6.26. The van der Waals surface area contributed by atoms with Gasteiger partial charge in [0.25, 0.3) is 0 Å². The van der Waals surface area contributed by atoms with Crippen LogP contribution in [0.5, 0.6) is 0 Å². The smallest absolute Gasteiger partial charge is 0.244 e. The summed E-state index contributed by atoms with van der Waals surface area (Å²) in [5.41, 5.74) is 1.92. The average Bonchev–Trinajstić information content (AvgIpc) is 3.32. The van der Waals surface area contributed by atoms with Crippen LogP contribution >= 0.6 is 0 Å². The minimum Gasteiger partial charge on any atom is -0.244 e. The Labute approximate surface area is 135 Å². The summed E-state index contributed by atoms with van der Waals surface area (Å²) in [6.07, 6.45) is 5.15. The molecule has 2 aromatic rings. The quantitative estimate of drug-likeness (QED) is 0.821. The van der Waals surface area contributed by atoms with Gasteiger partial charge in [0.15, 0.2) is 0 Å². The van der Waals surface area contributed by atoms with Crippen LogP contribution in [-0.4, -0.2) is 19.8 Å². The summed E-state index contributed by atoms with van der Waals surface area (Å²) in [7, 11) is 1.57. The summed E-state index contributed by atoms with van der Waals surface area (Å²) in [5.74, 6) is 0.277. The molecule has 0 spiro atoms. The Morgan fingerprint density at radius 1 is 1.35 bits per heavy atom. The minimum atomic E-state index is -0.300. The lowest BCUT2D eigenvalue weighted by Crippen LogP contribution is -2.23. The van der Waals surface area contributed by atoms with Gasteiger partial charge in [0.1, 0.15) is 5.82 Å². The predicted molar refractivity (Wildman–Crippen MR) is 86.5 cm³/mol. The largest absolute Gasteiger partial charge is 0.368 e. The first kappa shape index (κ1) is 15.9. The van der Waals surface area contributed by atoms with E-state index in [-0.39, 0.29) is 17.4 Å². The van der Waals surface area contributed by atoms with Crippen molar-refractivity contribution in [3.05, 3.63) is 39.6 Å². The highest BCUT2D eigenvalue weighted by molar-refractivity contribution is 5.48. The molecule has 1 aliphatic rings. The molecular formula is C17H23FN4O. The molecule has 0 saturated heterocycles. The monoisotopic (exact) mass is 318 g/mol. The highest BCUT2D eigenvalue weighted by Crippen LogP contribution is 2.43. The number of unbranched alkanes of at least 4 members (excludes halogenated alkanes) is 1. The average molecular weight is 318 g/mol. The molecule has 124 valence electrons. The number of aromatic nitrogens is 4. The molecule has 1 aromatic heterocycles. The van der Waals surface area contributed by atoms with Gasteiger partial charge in [0.05, 0.1) is 5.69 Å². The lowest BCUT2D eigenvalue weighted by Gasteiger charge is -2.16. The number of hydrogen-bond acceptors (Lipinski definition) is 3. The van der Waals surface area contributed by atoms with Crippen molar-refractivity contribution in [1.29, 1.82) is 0 Å². The number of tetrazole rings is 1. The van der Waals surface area contributed by atoms with Crippen LogP contribution in [0.3, 0.4) is 0 Å². The van der Waals surface area contributed by atoms with E-state index in [0.29, 0.717) is 17.2 Å². The summed E-state index contributed by atoms with van der Waals surface area (Å²) in [6.45, 7) is 4.16. The van der Waals surface area contributed by atoms with E-state index in [2.05, 4.69) is 17.4 Å². The van der Waals surface area contributed by atoms with E-state index >= 15 is 0 Å². The molecule has 23 heavy (non-hydrogen) atoms. The summed E-state index contributed by atoms with van der Waals surface area (Å²) in [4.78, 5) is 12.2. The van der Waals surface area contributed by atoms with Crippen molar-refractivity contribution < 1.29 is 4.39 Å². The first-order valence-electron chi connectivity index (χ1n) is 8.35. The van der Waals surface area contributed by atoms with Gasteiger partial charge >= 0.3 is 5.69 Å². The fourth-order valence-corrected chi connectivity index (χ4v) is 3.01. The predicted octanol–water partition coefficient (Wildman–Crippen LogP) is 3.28. The van der Waals surface area contributed by atoms with Gasteiger partial charge in [-0.25, -0.2) is 9.18 Å². The second-order valence-corrected chi connectivity index (χ2v) is 6.55. The highest BCUT2D eigenvalue weighted by atomic mass is 19.1. The standard InChI is InChI=1S/C17H23FN4O/c1-4-5-6-11(2)13-10-16(22-17(23)21(3)19-20-22)14(9-15(13)18)12-7-8-12/h9-12H,4-8H2,1-3H3. The van der Waals surface area contributed by atoms with Crippen LogP contribution in [-0.2, 0) is 7.05 Å². The minimum absolute atomic E-state index is 0.120. The molecular weight excluding hydrogens is 295 g/mol. The van der Waals surface area contributed by atoms with Crippen LogP contribution in [0.4, 0.5) is 4.39 Å². The first-order chi connectivity index (χ1) is 11.0. The van der Waals surface area contributed by atoms with Gasteiger partial charge in [0.2, 0.25) is 0 Å². The van der Waals surface area contributed by atoms with Crippen molar-refractivity contribution in [2.24, 2.45) is 7.05 Å². The molecule has 0 amide bonds. The van der Waals surface area contributed by atoms with Crippen LogP contribution in [0.25, 0.3) is 5.69 Å². The molecule has 1 saturated carbocycles. The van der Waals surface area contributed by atoms with Gasteiger partial charge in [-0.3, -0.25) is 0 Å². The maximum absolute atomic E-state index is 14.6. The Morgan fingerprint density at radius 3 is 2.65 bits per heavy atom. The molecule has 1 unspecified atom stereocenters. The van der Waals surface area contributed by atoms with E-state index in [1.165, 1.54) is 9.36 Å². The van der Waals surface area contributed by atoms with Gasteiger partial charge in [-0.05, 0) is 64.8 Å². The van der Waals surface area contributed by atoms with Crippen LogP contribution < -0.4 is 5.69 Å². The molecule has 1 heterocycles. The second-order valence-electron chi connectivity index (χ2n) is 6.55. The van der Waals surface area contributed by atoms with Gasteiger partial charge in [0, 0.05) is 7.05 Å². The van der Waals surface area contributed by atoms with Crippen molar-refractivity contribution in [2.75, 3.05) is 0 Å². The molecule has 5 nitrogen and oxygen atoms in total. The van der Waals surface area contributed by atoms with Gasteiger partial charge < -0.3 is 0 Å². The van der Waals surface area contributed by atoms with Crippen LogP contribution in [0, 0.1) is 5.82 Å². The third-order valence-electron chi connectivity index (χ3n) is 4.63. The normalized spacial score (nSPS) is 15.8. The Bertz CT molecular complexity index is 760. The maximum atomic E-state index is 14.6. The number of aryl methyl sites for hydroxylation is 1. The Kier molecular flexibility index (Phi) is 4.33. The number of rotatable bonds is 6. The van der Waals surface area contributed by atoms with Crippen molar-refractivity contribution in [2.45, 2.75) is 57.8 Å². The SMILES string of the molecule is CCCCC(C)c1cc(-n2nnn(C)c2=O)c(C2CC2)cc1F. The van der Waals surface area contributed by atoms with Gasteiger partial charge in [-0.2, -0.15) is 9.36 Å². The van der Waals surface area contributed by atoms with E-state index in [0.717, 1.165) is 37.7 Å². The highest BCUT2D eigenvalue weighted by Gasteiger charge is 2.29. The zero-order valence-electron chi connectivity index (χ0n) is 13.9. The molecule has 0 aliphatic heterocycles. The fraction of sp³-hybridized carbons (Fsp3) is 0.588. The lowest BCUT2D eigenvalue weighted by atomic mass is 9.92. The molecule has 1 aromatic carbocycles. The molecule has 0 radical (unpaired) electrons. The third-order valence-corrected chi connectivity index (χ3v) is 4.63. The molecule has 6 heteroatoms. The Morgan fingerprint density at radius 2 is 2.09 bits per heavy atom. The van der Waals surface area contributed by atoms with Crippen molar-refractivity contribution >= 4 is 0 Å². The topological polar surface area (TPSA) is 52.7 Å². The number of hydrogen-bond donors (Lipinski definition) is 0. The number of halogens is 1. The molecule has 1 fully saturated rings.